The van der Waals surface area contributed by atoms with Gasteiger partial charge in [0.25, 0.3) is 0 Å². The van der Waals surface area contributed by atoms with Gasteiger partial charge in [0.15, 0.2) is 0 Å². The lowest BCUT2D eigenvalue weighted by atomic mass is 9.85. The van der Waals surface area contributed by atoms with E-state index in [-0.39, 0.29) is 11.8 Å². The molecule has 0 spiro atoms. The number of carbonyl (C=O) groups is 2. The van der Waals surface area contributed by atoms with Crippen LogP contribution in [0.1, 0.15) is 51.4 Å². The molecule has 5 heteroatoms. The molecule has 2 rings (SSSR count). The molecule has 1 heterocycles. The summed E-state index contributed by atoms with van der Waals surface area (Å²) in [4.78, 5) is 23.6. The van der Waals surface area contributed by atoms with Crippen molar-refractivity contribution in [2.24, 2.45) is 11.7 Å². The van der Waals surface area contributed by atoms with Crippen molar-refractivity contribution in [2.45, 2.75) is 63.5 Å². The zero-order valence-electron chi connectivity index (χ0n) is 11.5. The lowest BCUT2D eigenvalue weighted by Gasteiger charge is -2.27. The standard InChI is InChI=1S/C14H25N3O2/c15-11(9-10-5-2-1-3-6-10)13(18)17-12-7-4-8-16-14(12)19/h10-12H,1-9,15H2,(H,16,19)(H,17,18). The summed E-state index contributed by atoms with van der Waals surface area (Å²) in [5, 5.41) is 5.55. The molecule has 108 valence electrons. The van der Waals surface area contributed by atoms with Crippen LogP contribution in [0.5, 0.6) is 0 Å². The van der Waals surface area contributed by atoms with Crippen molar-refractivity contribution < 1.29 is 9.59 Å². The third-order valence-electron chi connectivity index (χ3n) is 4.25. The van der Waals surface area contributed by atoms with Crippen molar-refractivity contribution >= 4 is 11.8 Å². The summed E-state index contributed by atoms with van der Waals surface area (Å²) in [5.41, 5.74) is 5.97. The van der Waals surface area contributed by atoms with Crippen LogP contribution in [0.3, 0.4) is 0 Å². The van der Waals surface area contributed by atoms with Gasteiger partial charge in [0.1, 0.15) is 6.04 Å². The van der Waals surface area contributed by atoms with Crippen LogP contribution in [0.4, 0.5) is 0 Å². The zero-order valence-corrected chi connectivity index (χ0v) is 11.5. The van der Waals surface area contributed by atoms with E-state index in [9.17, 15) is 9.59 Å². The Morgan fingerprint density at radius 1 is 1.26 bits per heavy atom. The van der Waals surface area contributed by atoms with Crippen LogP contribution >= 0.6 is 0 Å². The second-order valence-corrected chi connectivity index (χ2v) is 5.84. The van der Waals surface area contributed by atoms with E-state index in [2.05, 4.69) is 10.6 Å². The first-order valence-corrected chi connectivity index (χ1v) is 7.50. The molecule has 0 aromatic rings. The Kier molecular flexibility index (Phi) is 5.19. The molecular formula is C14H25N3O2. The molecule has 2 amide bonds. The third-order valence-corrected chi connectivity index (χ3v) is 4.25. The predicted molar refractivity (Wildman–Crippen MR) is 73.3 cm³/mol. The first-order chi connectivity index (χ1) is 9.16. The molecule has 19 heavy (non-hydrogen) atoms. The molecule has 1 saturated carbocycles. The van der Waals surface area contributed by atoms with Crippen LogP contribution in [0.15, 0.2) is 0 Å². The van der Waals surface area contributed by atoms with Gasteiger partial charge in [0.2, 0.25) is 11.8 Å². The second-order valence-electron chi connectivity index (χ2n) is 5.84. The number of piperidine rings is 1. The molecule has 2 atom stereocenters. The summed E-state index contributed by atoms with van der Waals surface area (Å²) < 4.78 is 0. The topological polar surface area (TPSA) is 84.2 Å². The minimum Gasteiger partial charge on any atom is -0.354 e. The average Bonchev–Trinajstić information content (AvgIpc) is 2.42. The number of nitrogens with one attached hydrogen (secondary N) is 2. The van der Waals surface area contributed by atoms with Crippen LogP contribution < -0.4 is 16.4 Å². The van der Waals surface area contributed by atoms with Crippen LogP contribution in [0.25, 0.3) is 0 Å². The maximum absolute atomic E-state index is 12.0. The van der Waals surface area contributed by atoms with Crippen molar-refractivity contribution in [2.75, 3.05) is 6.54 Å². The molecule has 4 N–H and O–H groups in total. The Hall–Kier alpha value is -1.10. The van der Waals surface area contributed by atoms with Crippen molar-refractivity contribution in [3.8, 4) is 0 Å². The van der Waals surface area contributed by atoms with E-state index < -0.39 is 12.1 Å². The van der Waals surface area contributed by atoms with Gasteiger partial charge in [-0.15, -0.1) is 0 Å². The van der Waals surface area contributed by atoms with Gasteiger partial charge in [-0.3, -0.25) is 9.59 Å². The van der Waals surface area contributed by atoms with Crippen LogP contribution in [-0.4, -0.2) is 30.4 Å². The van der Waals surface area contributed by atoms with Crippen LogP contribution in [-0.2, 0) is 9.59 Å². The number of rotatable bonds is 4. The fraction of sp³-hybridized carbons (Fsp3) is 0.857. The van der Waals surface area contributed by atoms with E-state index in [1.807, 2.05) is 0 Å². The number of nitrogens with two attached hydrogens (primary N) is 1. The first-order valence-electron chi connectivity index (χ1n) is 7.50. The van der Waals surface area contributed by atoms with Gasteiger partial charge in [0.05, 0.1) is 6.04 Å². The quantitative estimate of drug-likeness (QED) is 0.700. The number of amides is 2. The number of hydrogen-bond acceptors (Lipinski definition) is 3. The van der Waals surface area contributed by atoms with Gasteiger partial charge in [-0.05, 0) is 25.2 Å². The summed E-state index contributed by atoms with van der Waals surface area (Å²) >= 11 is 0. The Balaban J connectivity index is 1.76. The zero-order chi connectivity index (χ0) is 13.7. The maximum Gasteiger partial charge on any atom is 0.242 e. The smallest absolute Gasteiger partial charge is 0.242 e. The summed E-state index contributed by atoms with van der Waals surface area (Å²) in [7, 11) is 0. The van der Waals surface area contributed by atoms with Crippen LogP contribution in [0.2, 0.25) is 0 Å². The highest BCUT2D eigenvalue weighted by Crippen LogP contribution is 2.26. The fourth-order valence-corrected chi connectivity index (χ4v) is 3.08. The molecule has 5 nitrogen and oxygen atoms in total. The Labute approximate surface area is 114 Å². The van der Waals surface area contributed by atoms with Gasteiger partial charge in [-0.25, -0.2) is 0 Å². The second kappa shape index (κ2) is 6.89. The molecule has 1 aliphatic carbocycles. The van der Waals surface area contributed by atoms with E-state index in [1.165, 1.54) is 32.1 Å². The highest BCUT2D eigenvalue weighted by atomic mass is 16.2. The maximum atomic E-state index is 12.0. The largest absolute Gasteiger partial charge is 0.354 e. The lowest BCUT2D eigenvalue weighted by Crippen LogP contribution is -2.54. The van der Waals surface area contributed by atoms with Gasteiger partial charge >= 0.3 is 0 Å². The fourth-order valence-electron chi connectivity index (χ4n) is 3.08. The van der Waals surface area contributed by atoms with E-state index >= 15 is 0 Å². The minimum atomic E-state index is -0.474. The van der Waals surface area contributed by atoms with E-state index in [0.29, 0.717) is 18.9 Å². The van der Waals surface area contributed by atoms with Gasteiger partial charge in [-0.2, -0.15) is 0 Å². The Morgan fingerprint density at radius 3 is 2.68 bits per heavy atom. The van der Waals surface area contributed by atoms with Crippen molar-refractivity contribution in [3.05, 3.63) is 0 Å². The number of carbonyl (C=O) groups excluding carboxylic acids is 2. The third kappa shape index (κ3) is 4.20. The molecule has 0 radical (unpaired) electrons. The predicted octanol–water partition coefficient (Wildman–Crippen LogP) is 0.679. The molecule has 1 saturated heterocycles. The van der Waals surface area contributed by atoms with E-state index in [1.54, 1.807) is 0 Å². The van der Waals surface area contributed by atoms with Gasteiger partial charge in [-0.1, -0.05) is 32.1 Å². The SMILES string of the molecule is NC(CC1CCCCC1)C(=O)NC1CCCNC1=O. The summed E-state index contributed by atoms with van der Waals surface area (Å²) in [5.74, 6) is 0.326. The minimum absolute atomic E-state index is 0.0792. The molecule has 2 fully saturated rings. The summed E-state index contributed by atoms with van der Waals surface area (Å²) in [6.45, 7) is 0.708. The van der Waals surface area contributed by atoms with E-state index in [4.69, 9.17) is 5.73 Å². The highest BCUT2D eigenvalue weighted by Gasteiger charge is 2.27. The Bertz CT molecular complexity index is 327. The Morgan fingerprint density at radius 2 is 2.00 bits per heavy atom. The summed E-state index contributed by atoms with van der Waals surface area (Å²) in [6, 6.07) is -0.864. The first kappa shape index (κ1) is 14.3. The summed E-state index contributed by atoms with van der Waals surface area (Å²) in [6.07, 6.45) is 8.56. The molecule has 2 unspecified atom stereocenters. The van der Waals surface area contributed by atoms with Crippen molar-refractivity contribution in [1.82, 2.24) is 10.6 Å². The lowest BCUT2D eigenvalue weighted by molar-refractivity contribution is -0.130. The normalized spacial score (nSPS) is 26.6. The molecule has 2 aliphatic rings. The van der Waals surface area contributed by atoms with Crippen LogP contribution in [0, 0.1) is 5.92 Å². The monoisotopic (exact) mass is 267 g/mol. The molecule has 0 aromatic carbocycles. The molecular weight excluding hydrogens is 242 g/mol. The van der Waals surface area contributed by atoms with Gasteiger partial charge in [0, 0.05) is 6.54 Å². The average molecular weight is 267 g/mol. The molecule has 0 aromatic heterocycles. The van der Waals surface area contributed by atoms with E-state index in [0.717, 1.165) is 12.8 Å². The van der Waals surface area contributed by atoms with Gasteiger partial charge < -0.3 is 16.4 Å². The highest BCUT2D eigenvalue weighted by molar-refractivity contribution is 5.90. The van der Waals surface area contributed by atoms with Crippen molar-refractivity contribution in [1.29, 1.82) is 0 Å². The van der Waals surface area contributed by atoms with Crippen molar-refractivity contribution in [3.63, 3.8) is 0 Å². The molecule has 1 aliphatic heterocycles. The number of hydrogen-bond donors (Lipinski definition) is 3. The molecule has 0 bridgehead atoms.